The molecule has 20 heavy (non-hydrogen) atoms. The summed E-state index contributed by atoms with van der Waals surface area (Å²) in [5.41, 5.74) is 0.0905. The lowest BCUT2D eigenvalue weighted by molar-refractivity contribution is 0.0596. The Balaban J connectivity index is 2.46. The number of hydrogen-bond acceptors (Lipinski definition) is 4. The maximum atomic E-state index is 12.8. The number of methoxy groups -OCH3 is 1. The number of sulfonamides is 1. The average molecular weight is 297 g/mol. The van der Waals surface area contributed by atoms with Crippen LogP contribution in [0.4, 0.5) is 0 Å². The van der Waals surface area contributed by atoms with Crippen molar-refractivity contribution in [3.05, 3.63) is 29.8 Å². The minimum Gasteiger partial charge on any atom is -0.465 e. The van der Waals surface area contributed by atoms with Crippen molar-refractivity contribution < 1.29 is 17.9 Å². The Labute approximate surface area is 119 Å². The van der Waals surface area contributed by atoms with Crippen molar-refractivity contribution in [2.45, 2.75) is 37.1 Å². The van der Waals surface area contributed by atoms with Crippen LogP contribution in [0, 0.1) is 0 Å². The number of carbonyl (C=O) groups is 1. The van der Waals surface area contributed by atoms with Gasteiger partial charge in [0.05, 0.1) is 17.6 Å². The quantitative estimate of drug-likeness (QED) is 0.801. The summed E-state index contributed by atoms with van der Waals surface area (Å²) in [6.07, 6.45) is 2.73. The van der Waals surface area contributed by atoms with Gasteiger partial charge in [0.25, 0.3) is 0 Å². The van der Waals surface area contributed by atoms with E-state index in [0.717, 1.165) is 19.3 Å². The lowest BCUT2D eigenvalue weighted by atomic mass is 10.1. The van der Waals surface area contributed by atoms with Gasteiger partial charge in [-0.1, -0.05) is 18.6 Å². The highest BCUT2D eigenvalue weighted by Crippen LogP contribution is 2.27. The van der Waals surface area contributed by atoms with E-state index in [-0.39, 0.29) is 16.5 Å². The molecule has 1 aliphatic heterocycles. The molecule has 0 saturated carbocycles. The summed E-state index contributed by atoms with van der Waals surface area (Å²) in [6, 6.07) is 6.15. The molecule has 2 rings (SSSR count). The summed E-state index contributed by atoms with van der Waals surface area (Å²) in [6.45, 7) is 2.40. The Morgan fingerprint density at radius 3 is 2.65 bits per heavy atom. The molecule has 1 unspecified atom stereocenters. The van der Waals surface area contributed by atoms with E-state index < -0.39 is 16.0 Å². The fraction of sp³-hybridized carbons (Fsp3) is 0.500. The Hall–Kier alpha value is -1.40. The molecule has 0 spiro atoms. The first-order valence-electron chi connectivity index (χ1n) is 6.67. The van der Waals surface area contributed by atoms with Crippen LogP contribution in [-0.4, -0.2) is 38.4 Å². The maximum absolute atomic E-state index is 12.8. The van der Waals surface area contributed by atoms with Gasteiger partial charge < -0.3 is 4.74 Å². The van der Waals surface area contributed by atoms with Crippen LogP contribution in [0.3, 0.4) is 0 Å². The molecule has 1 atom stereocenters. The van der Waals surface area contributed by atoms with E-state index in [1.165, 1.54) is 23.5 Å². The molecule has 6 heteroatoms. The number of esters is 1. The molecule has 0 bridgehead atoms. The van der Waals surface area contributed by atoms with E-state index >= 15 is 0 Å². The van der Waals surface area contributed by atoms with Crippen molar-refractivity contribution in [2.75, 3.05) is 13.7 Å². The molecule has 0 amide bonds. The summed E-state index contributed by atoms with van der Waals surface area (Å²) in [7, 11) is -2.42. The first kappa shape index (κ1) is 15.0. The van der Waals surface area contributed by atoms with Gasteiger partial charge in [-0.25, -0.2) is 13.2 Å². The Morgan fingerprint density at radius 1 is 1.30 bits per heavy atom. The summed E-state index contributed by atoms with van der Waals surface area (Å²) < 4.78 is 31.7. The molecule has 0 aromatic heterocycles. The first-order chi connectivity index (χ1) is 9.48. The Morgan fingerprint density at radius 2 is 2.00 bits per heavy atom. The van der Waals surface area contributed by atoms with Crippen molar-refractivity contribution in [3.63, 3.8) is 0 Å². The zero-order valence-corrected chi connectivity index (χ0v) is 12.5. The van der Waals surface area contributed by atoms with E-state index in [1.54, 1.807) is 12.1 Å². The lowest BCUT2D eigenvalue weighted by Gasteiger charge is -2.32. The normalized spacial score (nSPS) is 20.6. The predicted molar refractivity (Wildman–Crippen MR) is 75.0 cm³/mol. The van der Waals surface area contributed by atoms with Crippen LogP contribution in [-0.2, 0) is 14.8 Å². The average Bonchev–Trinajstić information content (AvgIpc) is 2.46. The second-order valence-electron chi connectivity index (χ2n) is 4.95. The molecule has 1 saturated heterocycles. The smallest absolute Gasteiger partial charge is 0.339 e. The van der Waals surface area contributed by atoms with Crippen LogP contribution in [0.5, 0.6) is 0 Å². The lowest BCUT2D eigenvalue weighted by Crippen LogP contribution is -2.42. The van der Waals surface area contributed by atoms with Crippen molar-refractivity contribution in [1.82, 2.24) is 4.31 Å². The highest BCUT2D eigenvalue weighted by atomic mass is 32.2. The van der Waals surface area contributed by atoms with Gasteiger partial charge in [0.1, 0.15) is 0 Å². The van der Waals surface area contributed by atoms with Gasteiger partial charge in [0.15, 0.2) is 0 Å². The summed E-state index contributed by atoms with van der Waals surface area (Å²) in [5, 5.41) is 0. The summed E-state index contributed by atoms with van der Waals surface area (Å²) in [5.74, 6) is -0.631. The number of carbonyl (C=O) groups excluding carboxylic acids is 1. The number of nitrogens with zero attached hydrogens (tertiary/aromatic N) is 1. The monoisotopic (exact) mass is 297 g/mol. The number of rotatable bonds is 3. The van der Waals surface area contributed by atoms with Crippen LogP contribution in [0.25, 0.3) is 0 Å². The third-order valence-corrected chi connectivity index (χ3v) is 5.69. The minimum atomic E-state index is -3.66. The molecular formula is C14H19NO4S. The van der Waals surface area contributed by atoms with Gasteiger partial charge in [0.2, 0.25) is 10.0 Å². The van der Waals surface area contributed by atoms with Crippen molar-refractivity contribution in [2.24, 2.45) is 0 Å². The highest BCUT2D eigenvalue weighted by molar-refractivity contribution is 7.89. The zero-order valence-electron chi connectivity index (χ0n) is 11.7. The van der Waals surface area contributed by atoms with Gasteiger partial charge in [-0.3, -0.25) is 0 Å². The van der Waals surface area contributed by atoms with E-state index in [9.17, 15) is 13.2 Å². The van der Waals surface area contributed by atoms with Crippen LogP contribution in [0.15, 0.2) is 29.2 Å². The van der Waals surface area contributed by atoms with Crippen LogP contribution in [0.2, 0.25) is 0 Å². The number of ether oxygens (including phenoxy) is 1. The molecule has 110 valence electrons. The second kappa shape index (κ2) is 5.93. The number of benzene rings is 1. The number of hydrogen-bond donors (Lipinski definition) is 0. The van der Waals surface area contributed by atoms with Crippen molar-refractivity contribution in [1.29, 1.82) is 0 Å². The third-order valence-electron chi connectivity index (χ3n) is 3.62. The SMILES string of the molecule is COC(=O)c1ccccc1S(=O)(=O)N1CCCCC1C. The van der Waals surface area contributed by atoms with E-state index in [1.807, 2.05) is 6.92 Å². The molecule has 1 aromatic rings. The Kier molecular flexibility index (Phi) is 4.45. The fourth-order valence-electron chi connectivity index (χ4n) is 2.53. The zero-order chi connectivity index (χ0) is 14.8. The van der Waals surface area contributed by atoms with Crippen molar-refractivity contribution in [3.8, 4) is 0 Å². The van der Waals surface area contributed by atoms with Gasteiger partial charge in [-0.2, -0.15) is 4.31 Å². The molecule has 5 nitrogen and oxygen atoms in total. The molecule has 1 aliphatic rings. The molecule has 1 fully saturated rings. The topological polar surface area (TPSA) is 63.7 Å². The van der Waals surface area contributed by atoms with Crippen LogP contribution >= 0.6 is 0 Å². The first-order valence-corrected chi connectivity index (χ1v) is 8.11. The summed E-state index contributed by atoms with van der Waals surface area (Å²) in [4.78, 5) is 11.8. The predicted octanol–water partition coefficient (Wildman–Crippen LogP) is 2.04. The largest absolute Gasteiger partial charge is 0.465 e. The molecule has 1 heterocycles. The fourth-order valence-corrected chi connectivity index (χ4v) is 4.41. The van der Waals surface area contributed by atoms with E-state index in [4.69, 9.17) is 0 Å². The van der Waals surface area contributed by atoms with Gasteiger partial charge in [-0.05, 0) is 31.9 Å². The second-order valence-corrected chi connectivity index (χ2v) is 6.81. The van der Waals surface area contributed by atoms with Gasteiger partial charge in [-0.15, -0.1) is 0 Å². The van der Waals surface area contributed by atoms with Crippen molar-refractivity contribution >= 4 is 16.0 Å². The number of piperidine rings is 1. The van der Waals surface area contributed by atoms with Crippen LogP contribution in [0.1, 0.15) is 36.5 Å². The highest BCUT2D eigenvalue weighted by Gasteiger charge is 2.33. The third kappa shape index (κ3) is 2.71. The maximum Gasteiger partial charge on any atom is 0.339 e. The van der Waals surface area contributed by atoms with E-state index in [0.29, 0.717) is 6.54 Å². The van der Waals surface area contributed by atoms with Crippen LogP contribution < -0.4 is 0 Å². The summed E-state index contributed by atoms with van der Waals surface area (Å²) >= 11 is 0. The molecule has 0 aliphatic carbocycles. The Bertz CT molecular complexity index is 597. The molecule has 0 N–H and O–H groups in total. The molecular weight excluding hydrogens is 278 g/mol. The van der Waals surface area contributed by atoms with E-state index in [2.05, 4.69) is 4.74 Å². The van der Waals surface area contributed by atoms with Gasteiger partial charge in [0, 0.05) is 12.6 Å². The van der Waals surface area contributed by atoms with Gasteiger partial charge >= 0.3 is 5.97 Å². The minimum absolute atomic E-state index is 0.0283. The molecule has 0 radical (unpaired) electrons. The standard InChI is InChI=1S/C14H19NO4S/c1-11-7-5-6-10-15(11)20(17,18)13-9-4-3-8-12(13)14(16)19-2/h3-4,8-9,11H,5-7,10H2,1-2H3. The molecule has 1 aromatic carbocycles.